The van der Waals surface area contributed by atoms with Crippen molar-refractivity contribution in [2.24, 2.45) is 5.73 Å². The number of carbonyl (C=O) groups is 1. The van der Waals surface area contributed by atoms with Gasteiger partial charge in [0.1, 0.15) is 0 Å². The number of ether oxygens (including phenoxy) is 1. The molecule has 1 fully saturated rings. The molecule has 21 heavy (non-hydrogen) atoms. The van der Waals surface area contributed by atoms with Gasteiger partial charge in [-0.15, -0.1) is 0 Å². The Morgan fingerprint density at radius 1 is 1.43 bits per heavy atom. The van der Waals surface area contributed by atoms with Crippen LogP contribution in [-0.4, -0.2) is 55.7 Å². The summed E-state index contributed by atoms with van der Waals surface area (Å²) in [7, 11) is 2.15. The first kappa shape index (κ1) is 18.4. The second-order valence-corrected chi connectivity index (χ2v) is 6.43. The third-order valence-electron chi connectivity index (χ3n) is 4.37. The van der Waals surface area contributed by atoms with Crippen LogP contribution in [0.3, 0.4) is 0 Å². The molecule has 1 rings (SSSR count). The Morgan fingerprint density at radius 2 is 2.19 bits per heavy atom. The van der Waals surface area contributed by atoms with Crippen LogP contribution in [0.2, 0.25) is 0 Å². The van der Waals surface area contributed by atoms with Crippen LogP contribution in [0.25, 0.3) is 0 Å². The van der Waals surface area contributed by atoms with Gasteiger partial charge in [-0.1, -0.05) is 6.92 Å². The van der Waals surface area contributed by atoms with Gasteiger partial charge in [0.25, 0.3) is 0 Å². The average Bonchev–Trinajstić information content (AvgIpc) is 2.45. The summed E-state index contributed by atoms with van der Waals surface area (Å²) in [5.74, 6) is -0.256. The largest absolute Gasteiger partial charge is 0.377 e. The van der Waals surface area contributed by atoms with Crippen molar-refractivity contribution in [2.75, 3.05) is 33.3 Å². The molecule has 124 valence electrons. The molecule has 2 atom stereocenters. The highest BCUT2D eigenvalue weighted by Gasteiger charge is 2.28. The van der Waals surface area contributed by atoms with Gasteiger partial charge in [-0.05, 0) is 65.6 Å². The molecule has 1 amide bonds. The number of unbranched alkanes of at least 4 members (excludes halogenated alkanes) is 1. The van der Waals surface area contributed by atoms with E-state index in [9.17, 15) is 4.79 Å². The standard InChI is InChI=1S/C16H33N3O2/c1-4-18-16(2,15(17)20)10-6-7-11-19(3)13-14-9-5-8-12-21-14/h14,18H,4-13H2,1-3H3,(H2,17,20). The van der Waals surface area contributed by atoms with Gasteiger partial charge < -0.3 is 20.7 Å². The monoisotopic (exact) mass is 299 g/mol. The van der Waals surface area contributed by atoms with Crippen LogP contribution in [0.4, 0.5) is 0 Å². The zero-order valence-corrected chi connectivity index (χ0v) is 14.0. The smallest absolute Gasteiger partial charge is 0.237 e. The quantitative estimate of drug-likeness (QED) is 0.600. The molecule has 0 aromatic rings. The molecule has 3 N–H and O–H groups in total. The van der Waals surface area contributed by atoms with E-state index in [0.29, 0.717) is 6.10 Å². The molecule has 0 aromatic heterocycles. The highest BCUT2D eigenvalue weighted by molar-refractivity contribution is 5.84. The van der Waals surface area contributed by atoms with Crippen LogP contribution < -0.4 is 11.1 Å². The molecule has 5 nitrogen and oxygen atoms in total. The summed E-state index contributed by atoms with van der Waals surface area (Å²) in [5.41, 5.74) is 4.92. The third-order valence-corrected chi connectivity index (χ3v) is 4.37. The van der Waals surface area contributed by atoms with E-state index in [2.05, 4.69) is 17.3 Å². The highest BCUT2D eigenvalue weighted by Crippen LogP contribution is 2.15. The summed E-state index contributed by atoms with van der Waals surface area (Å²) >= 11 is 0. The molecule has 1 aliphatic heterocycles. The molecular weight excluding hydrogens is 266 g/mol. The van der Waals surface area contributed by atoms with Gasteiger partial charge in [0, 0.05) is 13.2 Å². The second-order valence-electron chi connectivity index (χ2n) is 6.43. The number of nitrogens with one attached hydrogen (secondary N) is 1. The van der Waals surface area contributed by atoms with Crippen molar-refractivity contribution < 1.29 is 9.53 Å². The van der Waals surface area contributed by atoms with Crippen LogP contribution in [-0.2, 0) is 9.53 Å². The Morgan fingerprint density at radius 3 is 2.76 bits per heavy atom. The van der Waals surface area contributed by atoms with E-state index in [-0.39, 0.29) is 5.91 Å². The summed E-state index contributed by atoms with van der Waals surface area (Å²) in [4.78, 5) is 13.9. The van der Waals surface area contributed by atoms with Crippen LogP contribution in [0.1, 0.15) is 52.4 Å². The number of hydrogen-bond donors (Lipinski definition) is 2. The Balaban J connectivity index is 2.18. The Hall–Kier alpha value is -0.650. The number of hydrogen-bond acceptors (Lipinski definition) is 4. The number of amides is 1. The number of likely N-dealkylation sites (N-methyl/N-ethyl adjacent to an activating group) is 2. The zero-order chi connectivity index (χ0) is 15.7. The van der Waals surface area contributed by atoms with Crippen molar-refractivity contribution in [1.82, 2.24) is 10.2 Å². The average molecular weight is 299 g/mol. The van der Waals surface area contributed by atoms with E-state index in [1.807, 2.05) is 13.8 Å². The predicted octanol–water partition coefficient (Wildman–Crippen LogP) is 1.51. The summed E-state index contributed by atoms with van der Waals surface area (Å²) in [6.07, 6.45) is 6.96. The normalized spacial score (nSPS) is 22.2. The Bertz CT molecular complexity index is 306. The van der Waals surface area contributed by atoms with Crippen molar-refractivity contribution in [2.45, 2.75) is 64.0 Å². The zero-order valence-electron chi connectivity index (χ0n) is 14.0. The molecule has 0 bridgehead atoms. The SMILES string of the molecule is CCNC(C)(CCCCN(C)CC1CCCCO1)C(N)=O. The summed E-state index contributed by atoms with van der Waals surface area (Å²) < 4.78 is 5.76. The highest BCUT2D eigenvalue weighted by atomic mass is 16.5. The van der Waals surface area contributed by atoms with Gasteiger partial charge in [0.2, 0.25) is 5.91 Å². The van der Waals surface area contributed by atoms with E-state index in [1.165, 1.54) is 19.3 Å². The minimum Gasteiger partial charge on any atom is -0.377 e. The number of nitrogens with zero attached hydrogens (tertiary/aromatic N) is 1. The molecule has 0 aromatic carbocycles. The van der Waals surface area contributed by atoms with E-state index in [1.54, 1.807) is 0 Å². The van der Waals surface area contributed by atoms with Gasteiger partial charge in [0.05, 0.1) is 11.6 Å². The molecule has 1 heterocycles. The number of nitrogens with two attached hydrogens (primary N) is 1. The van der Waals surface area contributed by atoms with Gasteiger partial charge in [-0.25, -0.2) is 0 Å². The first-order valence-electron chi connectivity index (χ1n) is 8.33. The minimum atomic E-state index is -0.570. The molecular formula is C16H33N3O2. The summed E-state index contributed by atoms with van der Waals surface area (Å²) in [5, 5.41) is 3.20. The molecule has 5 heteroatoms. The maximum absolute atomic E-state index is 11.5. The van der Waals surface area contributed by atoms with E-state index < -0.39 is 5.54 Å². The van der Waals surface area contributed by atoms with Crippen LogP contribution >= 0.6 is 0 Å². The lowest BCUT2D eigenvalue weighted by atomic mass is 9.94. The molecule has 0 aliphatic carbocycles. The van der Waals surface area contributed by atoms with E-state index in [4.69, 9.17) is 10.5 Å². The fraction of sp³-hybridized carbons (Fsp3) is 0.938. The topological polar surface area (TPSA) is 67.6 Å². The third kappa shape index (κ3) is 6.76. The molecule has 0 radical (unpaired) electrons. The number of rotatable bonds is 10. The van der Waals surface area contributed by atoms with Gasteiger partial charge in [0.15, 0.2) is 0 Å². The van der Waals surface area contributed by atoms with Crippen LogP contribution in [0.15, 0.2) is 0 Å². The molecule has 2 unspecified atom stereocenters. The predicted molar refractivity (Wildman–Crippen MR) is 86.2 cm³/mol. The molecule has 0 spiro atoms. The first-order chi connectivity index (χ1) is 9.98. The van der Waals surface area contributed by atoms with E-state index in [0.717, 1.165) is 45.5 Å². The Kier molecular flexibility index (Phi) is 8.22. The van der Waals surface area contributed by atoms with Gasteiger partial charge in [-0.3, -0.25) is 4.79 Å². The minimum absolute atomic E-state index is 0.256. The van der Waals surface area contributed by atoms with Gasteiger partial charge >= 0.3 is 0 Å². The van der Waals surface area contributed by atoms with Crippen molar-refractivity contribution in [3.63, 3.8) is 0 Å². The number of primary amides is 1. The first-order valence-corrected chi connectivity index (χ1v) is 8.33. The second kappa shape index (κ2) is 9.38. The Labute approximate surface area is 129 Å². The lowest BCUT2D eigenvalue weighted by Crippen LogP contribution is -2.53. The lowest BCUT2D eigenvalue weighted by Gasteiger charge is -2.29. The van der Waals surface area contributed by atoms with Gasteiger partial charge in [-0.2, -0.15) is 0 Å². The van der Waals surface area contributed by atoms with Crippen LogP contribution in [0, 0.1) is 0 Å². The maximum atomic E-state index is 11.5. The maximum Gasteiger partial charge on any atom is 0.237 e. The van der Waals surface area contributed by atoms with E-state index >= 15 is 0 Å². The molecule has 1 saturated heterocycles. The van der Waals surface area contributed by atoms with Crippen molar-refractivity contribution in [1.29, 1.82) is 0 Å². The van der Waals surface area contributed by atoms with Crippen LogP contribution in [0.5, 0.6) is 0 Å². The molecule has 1 aliphatic rings. The fourth-order valence-electron chi connectivity index (χ4n) is 2.94. The van der Waals surface area contributed by atoms with Crippen molar-refractivity contribution in [3.05, 3.63) is 0 Å². The number of carbonyl (C=O) groups excluding carboxylic acids is 1. The fourth-order valence-corrected chi connectivity index (χ4v) is 2.94. The molecule has 0 saturated carbocycles. The lowest BCUT2D eigenvalue weighted by molar-refractivity contribution is -0.124. The summed E-state index contributed by atoms with van der Waals surface area (Å²) in [6.45, 7) is 7.63. The van der Waals surface area contributed by atoms with Crippen molar-refractivity contribution in [3.8, 4) is 0 Å². The summed E-state index contributed by atoms with van der Waals surface area (Å²) in [6, 6.07) is 0. The van der Waals surface area contributed by atoms with Crippen molar-refractivity contribution >= 4 is 5.91 Å².